The molecule has 2 rings (SSSR count). The zero-order chi connectivity index (χ0) is 11.7. The van der Waals surface area contributed by atoms with Crippen molar-refractivity contribution >= 4 is 17.6 Å². The molecule has 0 radical (unpaired) electrons. The third-order valence-electron chi connectivity index (χ3n) is 2.45. The molecule has 1 aliphatic rings. The first-order chi connectivity index (χ1) is 7.63. The number of hydrogen-bond acceptors (Lipinski definition) is 3. The largest absolute Gasteiger partial charge is 0.497 e. The van der Waals surface area contributed by atoms with Gasteiger partial charge in [0.1, 0.15) is 11.8 Å². The summed E-state index contributed by atoms with van der Waals surface area (Å²) in [5.74, 6) is 0.357. The fourth-order valence-electron chi connectivity index (χ4n) is 1.60. The minimum absolute atomic E-state index is 0.252. The van der Waals surface area contributed by atoms with E-state index in [0.717, 1.165) is 4.90 Å². The van der Waals surface area contributed by atoms with Crippen molar-refractivity contribution in [3.05, 3.63) is 24.3 Å². The number of anilines is 1. The van der Waals surface area contributed by atoms with Crippen LogP contribution >= 0.6 is 0 Å². The molecule has 1 N–H and O–H groups in total. The zero-order valence-corrected chi connectivity index (χ0v) is 9.06. The molecule has 84 valence electrons. The number of nitrogens with one attached hydrogen (secondary N) is 1. The second-order valence-electron chi connectivity index (χ2n) is 3.55. The normalized spacial score (nSPS) is 19.9. The van der Waals surface area contributed by atoms with E-state index in [4.69, 9.17) is 4.74 Å². The van der Waals surface area contributed by atoms with Gasteiger partial charge in [0.2, 0.25) is 0 Å². The van der Waals surface area contributed by atoms with E-state index in [1.165, 1.54) is 7.11 Å². The molecular weight excluding hydrogens is 208 g/mol. The van der Waals surface area contributed by atoms with Crippen molar-refractivity contribution in [2.75, 3.05) is 12.0 Å². The summed E-state index contributed by atoms with van der Waals surface area (Å²) in [6.45, 7) is 1.65. The molecule has 0 bridgehead atoms. The molecule has 1 aromatic carbocycles. The highest BCUT2D eigenvalue weighted by molar-refractivity contribution is 6.21. The van der Waals surface area contributed by atoms with Crippen molar-refractivity contribution in [3.8, 4) is 5.75 Å². The van der Waals surface area contributed by atoms with Crippen LogP contribution in [-0.2, 0) is 4.79 Å². The minimum atomic E-state index is -0.473. The summed E-state index contributed by atoms with van der Waals surface area (Å²) in [5, 5.41) is 2.55. The van der Waals surface area contributed by atoms with Crippen LogP contribution < -0.4 is 15.0 Å². The van der Waals surface area contributed by atoms with Gasteiger partial charge in [-0.15, -0.1) is 0 Å². The topological polar surface area (TPSA) is 58.6 Å². The van der Waals surface area contributed by atoms with Gasteiger partial charge in [-0.05, 0) is 19.1 Å². The highest BCUT2D eigenvalue weighted by Gasteiger charge is 2.36. The predicted octanol–water partition coefficient (Wildman–Crippen LogP) is 1.14. The van der Waals surface area contributed by atoms with Crippen molar-refractivity contribution in [3.63, 3.8) is 0 Å². The second kappa shape index (κ2) is 3.84. The molecule has 0 aromatic heterocycles. The number of benzene rings is 1. The maximum atomic E-state index is 11.7. The van der Waals surface area contributed by atoms with Gasteiger partial charge < -0.3 is 10.1 Å². The van der Waals surface area contributed by atoms with Gasteiger partial charge in [-0.2, -0.15) is 0 Å². The average Bonchev–Trinajstić information content (AvgIpc) is 2.53. The lowest BCUT2D eigenvalue weighted by atomic mass is 10.2. The monoisotopic (exact) mass is 220 g/mol. The second-order valence-corrected chi connectivity index (χ2v) is 3.55. The molecule has 0 saturated carbocycles. The molecule has 1 aromatic rings. The number of hydrogen-bond donors (Lipinski definition) is 1. The van der Waals surface area contributed by atoms with Gasteiger partial charge in [0.25, 0.3) is 5.91 Å². The zero-order valence-electron chi connectivity index (χ0n) is 9.06. The van der Waals surface area contributed by atoms with E-state index >= 15 is 0 Å². The van der Waals surface area contributed by atoms with Crippen LogP contribution in [0.1, 0.15) is 6.92 Å². The Bertz CT molecular complexity index is 445. The van der Waals surface area contributed by atoms with Crippen molar-refractivity contribution in [1.29, 1.82) is 0 Å². The van der Waals surface area contributed by atoms with Gasteiger partial charge in [0.15, 0.2) is 0 Å². The van der Waals surface area contributed by atoms with Crippen LogP contribution in [0.25, 0.3) is 0 Å². The Kier molecular flexibility index (Phi) is 2.52. The highest BCUT2D eigenvalue weighted by Crippen LogP contribution is 2.23. The van der Waals surface area contributed by atoms with Crippen LogP contribution in [0.15, 0.2) is 24.3 Å². The first-order valence-electron chi connectivity index (χ1n) is 4.92. The molecule has 1 aliphatic heterocycles. The molecular formula is C11H12N2O3. The number of carbonyl (C=O) groups excluding carboxylic acids is 2. The lowest BCUT2D eigenvalue weighted by Gasteiger charge is -2.13. The summed E-state index contributed by atoms with van der Waals surface area (Å²) >= 11 is 0. The van der Waals surface area contributed by atoms with Crippen LogP contribution in [0.3, 0.4) is 0 Å². The quantitative estimate of drug-likeness (QED) is 0.760. The Morgan fingerprint density at radius 3 is 2.69 bits per heavy atom. The molecule has 1 heterocycles. The Morgan fingerprint density at radius 1 is 1.38 bits per heavy atom. The summed E-state index contributed by atoms with van der Waals surface area (Å²) in [6, 6.07) is 5.96. The van der Waals surface area contributed by atoms with Gasteiger partial charge in [-0.25, -0.2) is 9.69 Å². The maximum absolute atomic E-state index is 11.7. The Balaban J connectivity index is 2.36. The van der Waals surface area contributed by atoms with E-state index in [2.05, 4.69) is 5.32 Å². The standard InChI is InChI=1S/C11H12N2O3/c1-7-10(14)13(11(15)12-7)8-4-3-5-9(6-8)16-2/h3-7H,1-2H3,(H,12,15). The number of amides is 3. The summed E-state index contributed by atoms with van der Waals surface area (Å²) in [7, 11) is 1.54. The Hall–Kier alpha value is -2.04. The molecule has 0 aliphatic carbocycles. The van der Waals surface area contributed by atoms with Gasteiger partial charge in [0, 0.05) is 6.07 Å². The maximum Gasteiger partial charge on any atom is 0.329 e. The summed E-state index contributed by atoms with van der Waals surface area (Å²) in [4.78, 5) is 24.4. The van der Waals surface area contributed by atoms with Crippen LogP contribution in [-0.4, -0.2) is 25.1 Å². The first kappa shape index (κ1) is 10.5. The van der Waals surface area contributed by atoms with Gasteiger partial charge >= 0.3 is 6.03 Å². The molecule has 3 amide bonds. The number of methoxy groups -OCH3 is 1. The minimum Gasteiger partial charge on any atom is -0.497 e. The number of rotatable bonds is 2. The summed E-state index contributed by atoms with van der Waals surface area (Å²) < 4.78 is 5.04. The number of nitrogens with zero attached hydrogens (tertiary/aromatic N) is 1. The van der Waals surface area contributed by atoms with Gasteiger partial charge in [0.05, 0.1) is 12.8 Å². The highest BCUT2D eigenvalue weighted by atomic mass is 16.5. The fourth-order valence-corrected chi connectivity index (χ4v) is 1.60. The van der Waals surface area contributed by atoms with Crippen molar-refractivity contribution < 1.29 is 14.3 Å². The number of imide groups is 1. The Morgan fingerprint density at radius 2 is 2.12 bits per heavy atom. The predicted molar refractivity (Wildman–Crippen MR) is 58.5 cm³/mol. The smallest absolute Gasteiger partial charge is 0.329 e. The Labute approximate surface area is 93.0 Å². The van der Waals surface area contributed by atoms with Crippen LogP contribution in [0, 0.1) is 0 Å². The molecule has 5 heteroatoms. The molecule has 1 unspecified atom stereocenters. The molecule has 1 saturated heterocycles. The molecule has 1 fully saturated rings. The molecule has 0 spiro atoms. The van der Waals surface area contributed by atoms with Gasteiger partial charge in [-0.3, -0.25) is 4.79 Å². The van der Waals surface area contributed by atoms with Crippen LogP contribution in [0.2, 0.25) is 0 Å². The van der Waals surface area contributed by atoms with E-state index in [1.807, 2.05) is 0 Å². The lowest BCUT2D eigenvalue weighted by molar-refractivity contribution is -0.117. The average molecular weight is 220 g/mol. The summed E-state index contributed by atoms with van der Waals surface area (Å²) in [5.41, 5.74) is 0.520. The summed E-state index contributed by atoms with van der Waals surface area (Å²) in [6.07, 6.45) is 0. The van der Waals surface area contributed by atoms with Crippen molar-refractivity contribution in [2.24, 2.45) is 0 Å². The SMILES string of the molecule is COc1cccc(N2C(=O)NC(C)C2=O)c1. The van der Waals surface area contributed by atoms with E-state index in [-0.39, 0.29) is 5.91 Å². The molecule has 16 heavy (non-hydrogen) atoms. The van der Waals surface area contributed by atoms with Gasteiger partial charge in [-0.1, -0.05) is 6.07 Å². The third-order valence-corrected chi connectivity index (χ3v) is 2.45. The van der Waals surface area contributed by atoms with Crippen LogP contribution in [0.5, 0.6) is 5.75 Å². The van der Waals surface area contributed by atoms with E-state index < -0.39 is 12.1 Å². The molecule has 1 atom stereocenters. The lowest BCUT2D eigenvalue weighted by Crippen LogP contribution is -2.30. The van der Waals surface area contributed by atoms with E-state index in [1.54, 1.807) is 31.2 Å². The number of carbonyl (C=O) groups is 2. The fraction of sp³-hybridized carbons (Fsp3) is 0.273. The first-order valence-corrected chi connectivity index (χ1v) is 4.92. The van der Waals surface area contributed by atoms with Crippen molar-refractivity contribution in [2.45, 2.75) is 13.0 Å². The van der Waals surface area contributed by atoms with Crippen LogP contribution in [0.4, 0.5) is 10.5 Å². The van der Waals surface area contributed by atoms with E-state index in [9.17, 15) is 9.59 Å². The molecule has 5 nitrogen and oxygen atoms in total. The number of urea groups is 1. The van der Waals surface area contributed by atoms with Crippen molar-refractivity contribution in [1.82, 2.24) is 5.32 Å². The van der Waals surface area contributed by atoms with E-state index in [0.29, 0.717) is 11.4 Å². The number of ether oxygens (including phenoxy) is 1. The third kappa shape index (κ3) is 1.60.